The second-order valence-electron chi connectivity index (χ2n) is 8.06. The van der Waals surface area contributed by atoms with Crippen molar-refractivity contribution < 1.29 is 22.7 Å². The molecule has 9 heteroatoms. The van der Waals surface area contributed by atoms with Gasteiger partial charge in [-0.2, -0.15) is 4.31 Å². The molecule has 7 nitrogen and oxygen atoms in total. The van der Waals surface area contributed by atoms with Crippen molar-refractivity contribution in [2.45, 2.75) is 37.5 Å². The Balaban J connectivity index is 1.46. The number of anilines is 1. The first-order valence-electron chi connectivity index (χ1n) is 10.5. The monoisotopic (exact) mass is 478 g/mol. The third-order valence-electron chi connectivity index (χ3n) is 5.45. The molecule has 3 rings (SSSR count). The summed E-state index contributed by atoms with van der Waals surface area (Å²) in [4.78, 5) is 24.6. The smallest absolute Gasteiger partial charge is 0.309 e. The van der Waals surface area contributed by atoms with Crippen LogP contribution in [0.1, 0.15) is 38.2 Å². The Morgan fingerprint density at radius 2 is 1.66 bits per heavy atom. The second-order valence-corrected chi connectivity index (χ2v) is 10.4. The van der Waals surface area contributed by atoms with Crippen molar-refractivity contribution in [3.63, 3.8) is 0 Å². The molecule has 1 heterocycles. The van der Waals surface area contributed by atoms with E-state index in [-0.39, 0.29) is 24.6 Å². The van der Waals surface area contributed by atoms with Gasteiger partial charge in [0.25, 0.3) is 5.91 Å². The molecule has 1 aliphatic rings. The fourth-order valence-electron chi connectivity index (χ4n) is 3.49. The number of sulfonamides is 1. The average Bonchev–Trinajstić information content (AvgIpc) is 2.78. The largest absolute Gasteiger partial charge is 0.455 e. The standard InChI is InChI=1S/C23H27ClN2O5S/c1-16(2)17-3-7-20(8-4-17)25-22(27)15-31-23(28)18-11-13-26(14-12-18)32(29,30)21-9-5-19(24)6-10-21/h3-10,16,18H,11-15H2,1-2H3,(H,25,27). The van der Waals surface area contributed by atoms with Crippen LogP contribution in [0.5, 0.6) is 0 Å². The van der Waals surface area contributed by atoms with Gasteiger partial charge in [-0.25, -0.2) is 8.42 Å². The number of carbonyl (C=O) groups is 2. The molecule has 0 atom stereocenters. The molecule has 2 aromatic rings. The van der Waals surface area contributed by atoms with E-state index in [4.69, 9.17) is 16.3 Å². The van der Waals surface area contributed by atoms with Crippen molar-refractivity contribution in [1.29, 1.82) is 0 Å². The molecule has 0 radical (unpaired) electrons. The van der Waals surface area contributed by atoms with Gasteiger partial charge < -0.3 is 10.1 Å². The Labute approximate surface area is 193 Å². The minimum absolute atomic E-state index is 0.168. The molecule has 1 amide bonds. The molecule has 1 N–H and O–H groups in total. The number of rotatable bonds is 7. The maximum Gasteiger partial charge on any atom is 0.309 e. The van der Waals surface area contributed by atoms with Gasteiger partial charge in [0, 0.05) is 23.8 Å². The number of piperidine rings is 1. The van der Waals surface area contributed by atoms with Crippen molar-refractivity contribution in [3.8, 4) is 0 Å². The van der Waals surface area contributed by atoms with Crippen LogP contribution in [-0.2, 0) is 24.3 Å². The number of benzene rings is 2. The van der Waals surface area contributed by atoms with E-state index in [1.807, 2.05) is 24.3 Å². The molecule has 0 bridgehead atoms. The maximum absolute atomic E-state index is 12.7. The van der Waals surface area contributed by atoms with Gasteiger partial charge >= 0.3 is 5.97 Å². The lowest BCUT2D eigenvalue weighted by atomic mass is 9.98. The van der Waals surface area contributed by atoms with E-state index in [0.29, 0.717) is 29.5 Å². The van der Waals surface area contributed by atoms with Crippen molar-refractivity contribution in [3.05, 3.63) is 59.1 Å². The van der Waals surface area contributed by atoms with Crippen LogP contribution in [0, 0.1) is 5.92 Å². The van der Waals surface area contributed by atoms with Crippen molar-refractivity contribution >= 4 is 39.2 Å². The first-order chi connectivity index (χ1) is 15.2. The fourth-order valence-corrected chi connectivity index (χ4v) is 5.09. The summed E-state index contributed by atoms with van der Waals surface area (Å²) in [5, 5.41) is 3.16. The number of halogens is 1. The number of carbonyl (C=O) groups excluding carboxylic acids is 2. The number of hydrogen-bond donors (Lipinski definition) is 1. The van der Waals surface area contributed by atoms with Gasteiger partial charge in [-0.15, -0.1) is 0 Å². The molecule has 2 aromatic carbocycles. The first kappa shape index (κ1) is 24.2. The second kappa shape index (κ2) is 10.5. The summed E-state index contributed by atoms with van der Waals surface area (Å²) in [6, 6.07) is 13.5. The minimum atomic E-state index is -3.64. The highest BCUT2D eigenvalue weighted by atomic mass is 35.5. The number of esters is 1. The van der Waals surface area contributed by atoms with Crippen LogP contribution in [0.4, 0.5) is 5.69 Å². The van der Waals surface area contributed by atoms with E-state index in [9.17, 15) is 18.0 Å². The molecule has 0 aliphatic carbocycles. The van der Waals surface area contributed by atoms with E-state index in [2.05, 4.69) is 19.2 Å². The van der Waals surface area contributed by atoms with Crippen molar-refractivity contribution in [1.82, 2.24) is 4.31 Å². The number of amides is 1. The van der Waals surface area contributed by atoms with Gasteiger partial charge in [0.05, 0.1) is 10.8 Å². The topological polar surface area (TPSA) is 92.8 Å². The van der Waals surface area contributed by atoms with Crippen LogP contribution in [0.25, 0.3) is 0 Å². The highest BCUT2D eigenvalue weighted by Crippen LogP contribution is 2.25. The molecule has 0 unspecified atom stereocenters. The van der Waals surface area contributed by atoms with Gasteiger partial charge in [0.2, 0.25) is 10.0 Å². The summed E-state index contributed by atoms with van der Waals surface area (Å²) < 4.78 is 32.0. The number of nitrogens with one attached hydrogen (secondary N) is 1. The first-order valence-corrected chi connectivity index (χ1v) is 12.3. The normalized spacial score (nSPS) is 15.5. The summed E-state index contributed by atoms with van der Waals surface area (Å²) in [7, 11) is -3.64. The van der Waals surface area contributed by atoms with E-state index < -0.39 is 27.8 Å². The van der Waals surface area contributed by atoms with Gasteiger partial charge in [0.15, 0.2) is 6.61 Å². The predicted molar refractivity (Wildman–Crippen MR) is 123 cm³/mol. The Hall–Kier alpha value is -2.42. The highest BCUT2D eigenvalue weighted by molar-refractivity contribution is 7.89. The Bertz CT molecular complexity index is 1040. The van der Waals surface area contributed by atoms with E-state index in [1.165, 1.54) is 34.1 Å². The fraction of sp³-hybridized carbons (Fsp3) is 0.391. The zero-order chi connectivity index (χ0) is 23.3. The molecular formula is C23H27ClN2O5S. The molecule has 0 spiro atoms. The third-order valence-corrected chi connectivity index (χ3v) is 7.61. The summed E-state index contributed by atoms with van der Waals surface area (Å²) in [6.45, 7) is 4.21. The molecule has 1 fully saturated rings. The van der Waals surface area contributed by atoms with Crippen LogP contribution >= 0.6 is 11.6 Å². The van der Waals surface area contributed by atoms with Crippen LogP contribution in [-0.4, -0.2) is 44.3 Å². The quantitative estimate of drug-likeness (QED) is 0.606. The maximum atomic E-state index is 12.7. The zero-order valence-electron chi connectivity index (χ0n) is 18.1. The molecular weight excluding hydrogens is 452 g/mol. The van der Waals surface area contributed by atoms with E-state index in [0.717, 1.165) is 0 Å². The van der Waals surface area contributed by atoms with Crippen LogP contribution < -0.4 is 5.32 Å². The lowest BCUT2D eigenvalue weighted by molar-refractivity contribution is -0.152. The molecule has 172 valence electrons. The molecule has 32 heavy (non-hydrogen) atoms. The van der Waals surface area contributed by atoms with Gasteiger partial charge in [0.1, 0.15) is 0 Å². The van der Waals surface area contributed by atoms with Crippen molar-refractivity contribution in [2.24, 2.45) is 5.92 Å². The Kier molecular flexibility index (Phi) is 7.92. The van der Waals surface area contributed by atoms with Gasteiger partial charge in [-0.1, -0.05) is 37.6 Å². The van der Waals surface area contributed by atoms with E-state index in [1.54, 1.807) is 0 Å². The summed E-state index contributed by atoms with van der Waals surface area (Å²) in [5.41, 5.74) is 1.80. The lowest BCUT2D eigenvalue weighted by Crippen LogP contribution is -2.40. The molecule has 1 aliphatic heterocycles. The predicted octanol–water partition coefficient (Wildman–Crippen LogP) is 4.05. The zero-order valence-corrected chi connectivity index (χ0v) is 19.7. The Morgan fingerprint density at radius 3 is 2.22 bits per heavy atom. The summed E-state index contributed by atoms with van der Waals surface area (Å²) in [5.74, 6) is -0.949. The summed E-state index contributed by atoms with van der Waals surface area (Å²) in [6.07, 6.45) is 0.674. The number of nitrogens with zero attached hydrogens (tertiary/aromatic N) is 1. The van der Waals surface area contributed by atoms with Crippen molar-refractivity contribution in [2.75, 3.05) is 25.0 Å². The average molecular weight is 479 g/mol. The molecule has 0 saturated carbocycles. The van der Waals surface area contributed by atoms with E-state index >= 15 is 0 Å². The molecule has 1 saturated heterocycles. The van der Waals surface area contributed by atoms with Crippen LogP contribution in [0.2, 0.25) is 5.02 Å². The lowest BCUT2D eigenvalue weighted by Gasteiger charge is -2.30. The highest BCUT2D eigenvalue weighted by Gasteiger charge is 2.33. The van der Waals surface area contributed by atoms with Crippen LogP contribution in [0.15, 0.2) is 53.4 Å². The Morgan fingerprint density at radius 1 is 1.06 bits per heavy atom. The van der Waals surface area contributed by atoms with Gasteiger partial charge in [-0.3, -0.25) is 9.59 Å². The van der Waals surface area contributed by atoms with Crippen LogP contribution in [0.3, 0.4) is 0 Å². The minimum Gasteiger partial charge on any atom is -0.455 e. The number of ether oxygens (including phenoxy) is 1. The van der Waals surface area contributed by atoms with Gasteiger partial charge in [-0.05, 0) is 60.7 Å². The third kappa shape index (κ3) is 6.09. The SMILES string of the molecule is CC(C)c1ccc(NC(=O)COC(=O)C2CCN(S(=O)(=O)c3ccc(Cl)cc3)CC2)cc1. The summed E-state index contributed by atoms with van der Waals surface area (Å²) >= 11 is 5.83. The number of hydrogen-bond acceptors (Lipinski definition) is 5. The molecule has 0 aromatic heterocycles.